The third-order valence-electron chi connectivity index (χ3n) is 3.88. The van der Waals surface area contributed by atoms with Crippen LogP contribution in [0.5, 0.6) is 0 Å². The maximum atomic E-state index is 12.7. The first-order chi connectivity index (χ1) is 12.4. The van der Waals surface area contributed by atoms with Crippen molar-refractivity contribution in [3.8, 4) is 0 Å². The fourth-order valence-electron chi connectivity index (χ4n) is 2.61. The Bertz CT molecular complexity index is 1030. The molecule has 1 aliphatic rings. The lowest BCUT2D eigenvalue weighted by molar-refractivity contribution is -0.142. The highest BCUT2D eigenvalue weighted by molar-refractivity contribution is 7.94. The smallest absolute Gasteiger partial charge is 0.311 e. The van der Waals surface area contributed by atoms with E-state index in [1.807, 2.05) is 0 Å². The van der Waals surface area contributed by atoms with Crippen molar-refractivity contribution >= 4 is 50.9 Å². The Balaban J connectivity index is 2.61. The first-order valence-electron chi connectivity index (χ1n) is 7.88. The van der Waals surface area contributed by atoms with Crippen molar-refractivity contribution in [3.63, 3.8) is 0 Å². The van der Waals surface area contributed by atoms with Gasteiger partial charge < -0.3 is 4.74 Å². The maximum absolute atomic E-state index is 12.7. The van der Waals surface area contributed by atoms with Gasteiger partial charge in [0.2, 0.25) is 27.7 Å². The Labute approximate surface area is 159 Å². The summed E-state index contributed by atoms with van der Waals surface area (Å²) >= 11 is 0. The van der Waals surface area contributed by atoms with E-state index in [0.717, 1.165) is 20.9 Å². The zero-order chi connectivity index (χ0) is 20.6. The Morgan fingerprint density at radius 3 is 2.44 bits per heavy atom. The number of sulfonamides is 1. The number of rotatable bonds is 5. The summed E-state index contributed by atoms with van der Waals surface area (Å²) in [5, 5.41) is 0.831. The third-order valence-corrected chi connectivity index (χ3v) is 6.60. The van der Waals surface area contributed by atoms with Gasteiger partial charge >= 0.3 is 5.97 Å². The standard InChI is InChI=1S/C15H19BN2O7S2/c1-4-25-14(19)8-11-9-27(23,24)13-7-10(17(2)26(3,21)22)5-6-12(13)18(11)15(16)20/h5-7,9H,4,8,16H2,1-3H3. The average molecular weight is 414 g/mol. The number of nitrogens with zero attached hydrogens (tertiary/aromatic N) is 2. The van der Waals surface area contributed by atoms with Crippen LogP contribution >= 0.6 is 0 Å². The molecule has 1 aromatic rings. The molecule has 1 heterocycles. The highest BCUT2D eigenvalue weighted by atomic mass is 32.2. The maximum Gasteiger partial charge on any atom is 0.311 e. The predicted molar refractivity (Wildman–Crippen MR) is 103 cm³/mol. The quantitative estimate of drug-likeness (QED) is 0.500. The monoisotopic (exact) mass is 414 g/mol. The lowest BCUT2D eigenvalue weighted by atomic mass is 10.1. The second-order valence-electron chi connectivity index (χ2n) is 5.87. The zero-order valence-corrected chi connectivity index (χ0v) is 16.9. The van der Waals surface area contributed by atoms with Crippen LogP contribution in [-0.4, -0.2) is 56.4 Å². The second-order valence-corrected chi connectivity index (χ2v) is 9.65. The Kier molecular flexibility index (Phi) is 5.71. The van der Waals surface area contributed by atoms with Gasteiger partial charge in [0, 0.05) is 12.7 Å². The van der Waals surface area contributed by atoms with Crippen LogP contribution in [0.3, 0.4) is 0 Å². The number of anilines is 2. The van der Waals surface area contributed by atoms with E-state index in [4.69, 9.17) is 4.74 Å². The number of ether oxygens (including phenoxy) is 1. The molecule has 0 radical (unpaired) electrons. The molecule has 0 N–H and O–H groups in total. The van der Waals surface area contributed by atoms with Gasteiger partial charge in [0.1, 0.15) is 0 Å². The Morgan fingerprint density at radius 1 is 1.30 bits per heavy atom. The van der Waals surface area contributed by atoms with Crippen molar-refractivity contribution in [2.24, 2.45) is 0 Å². The van der Waals surface area contributed by atoms with E-state index in [2.05, 4.69) is 0 Å². The fraction of sp³-hybridized carbons (Fsp3) is 0.333. The Hall–Kier alpha value is -2.34. The molecule has 9 nitrogen and oxygen atoms in total. The van der Waals surface area contributed by atoms with Crippen molar-refractivity contribution in [2.45, 2.75) is 18.2 Å². The molecule has 0 fully saturated rings. The van der Waals surface area contributed by atoms with Crippen molar-refractivity contribution in [1.82, 2.24) is 0 Å². The van der Waals surface area contributed by atoms with Gasteiger partial charge in [-0.05, 0) is 25.1 Å². The Morgan fingerprint density at radius 2 is 1.93 bits per heavy atom. The molecule has 0 atom stereocenters. The van der Waals surface area contributed by atoms with Gasteiger partial charge in [-0.2, -0.15) is 0 Å². The van der Waals surface area contributed by atoms with Crippen LogP contribution in [0.25, 0.3) is 0 Å². The van der Waals surface area contributed by atoms with E-state index < -0.39 is 38.1 Å². The van der Waals surface area contributed by atoms with Crippen LogP contribution in [0, 0.1) is 0 Å². The number of carbonyl (C=O) groups excluding carboxylic acids is 2. The van der Waals surface area contributed by atoms with Crippen LogP contribution in [0.4, 0.5) is 16.2 Å². The minimum absolute atomic E-state index is 0.0299. The topological polar surface area (TPSA) is 118 Å². The van der Waals surface area contributed by atoms with Gasteiger partial charge in [-0.25, -0.2) is 16.8 Å². The molecule has 0 aromatic heterocycles. The average Bonchev–Trinajstić information content (AvgIpc) is 2.52. The van der Waals surface area contributed by atoms with Gasteiger partial charge in [-0.15, -0.1) is 0 Å². The van der Waals surface area contributed by atoms with E-state index in [9.17, 15) is 26.4 Å². The summed E-state index contributed by atoms with van der Waals surface area (Å²) in [7, 11) is -5.08. The molecule has 0 bridgehead atoms. The van der Waals surface area contributed by atoms with E-state index >= 15 is 0 Å². The van der Waals surface area contributed by atoms with Crippen LogP contribution in [-0.2, 0) is 29.4 Å². The van der Waals surface area contributed by atoms with Gasteiger partial charge in [-0.3, -0.25) is 18.8 Å². The first kappa shape index (κ1) is 21.0. The van der Waals surface area contributed by atoms with Crippen LogP contribution in [0.2, 0.25) is 0 Å². The number of hydrogen-bond donors (Lipinski definition) is 0. The van der Waals surface area contributed by atoms with Gasteiger partial charge in [0.25, 0.3) is 0 Å². The molecule has 1 aliphatic heterocycles. The fourth-order valence-corrected chi connectivity index (χ4v) is 4.51. The summed E-state index contributed by atoms with van der Waals surface area (Å²) in [6, 6.07) is 3.90. The van der Waals surface area contributed by atoms with E-state index in [1.54, 1.807) is 6.92 Å². The van der Waals surface area contributed by atoms with E-state index in [1.165, 1.54) is 33.1 Å². The lowest BCUT2D eigenvalue weighted by Gasteiger charge is -2.30. The largest absolute Gasteiger partial charge is 0.466 e. The van der Waals surface area contributed by atoms with Crippen LogP contribution in [0.1, 0.15) is 13.3 Å². The van der Waals surface area contributed by atoms with Gasteiger partial charge in [-0.1, -0.05) is 0 Å². The molecule has 1 amide bonds. The zero-order valence-electron chi connectivity index (χ0n) is 15.3. The molecule has 0 saturated heterocycles. The predicted octanol–water partition coefficient (Wildman–Crippen LogP) is 0.224. The second kappa shape index (κ2) is 7.35. The summed E-state index contributed by atoms with van der Waals surface area (Å²) in [5.41, 5.74) is 0.151. The highest BCUT2D eigenvalue weighted by Crippen LogP contribution is 2.38. The minimum atomic E-state index is -4.00. The summed E-state index contributed by atoms with van der Waals surface area (Å²) in [4.78, 5) is 24.8. The number of esters is 1. The number of benzene rings is 1. The number of carbonyl (C=O) groups is 2. The number of fused-ring (bicyclic) bond motifs is 1. The SMILES string of the molecule is BC(=O)N1C(CC(=O)OCC)=CS(=O)(=O)c2cc(N(C)S(C)(=O)=O)ccc21. The molecule has 146 valence electrons. The van der Waals surface area contributed by atoms with Crippen molar-refractivity contribution in [2.75, 3.05) is 29.1 Å². The number of hydrogen-bond acceptors (Lipinski definition) is 7. The minimum Gasteiger partial charge on any atom is -0.466 e. The highest BCUT2D eigenvalue weighted by Gasteiger charge is 2.33. The van der Waals surface area contributed by atoms with Gasteiger partial charge in [0.05, 0.1) is 41.0 Å². The van der Waals surface area contributed by atoms with Crippen LogP contribution < -0.4 is 9.21 Å². The molecular formula is C15H19BN2O7S2. The molecule has 0 aliphatic carbocycles. The normalized spacial score (nSPS) is 15.5. The lowest BCUT2D eigenvalue weighted by Crippen LogP contribution is -2.35. The molecule has 27 heavy (non-hydrogen) atoms. The summed E-state index contributed by atoms with van der Waals surface area (Å²) in [6.45, 7) is 1.73. The molecule has 0 saturated carbocycles. The van der Waals surface area contributed by atoms with Crippen LogP contribution in [0.15, 0.2) is 34.2 Å². The van der Waals surface area contributed by atoms with E-state index in [-0.39, 0.29) is 28.6 Å². The van der Waals surface area contributed by atoms with E-state index in [0.29, 0.717) is 0 Å². The summed E-state index contributed by atoms with van der Waals surface area (Å²) in [5.74, 6) is -1.16. The third kappa shape index (κ3) is 4.33. The van der Waals surface area contributed by atoms with Crippen molar-refractivity contribution in [3.05, 3.63) is 29.3 Å². The van der Waals surface area contributed by atoms with Gasteiger partial charge in [0.15, 0.2) is 5.81 Å². The molecular weight excluding hydrogens is 395 g/mol. The molecule has 0 unspecified atom stereocenters. The molecule has 1 aromatic carbocycles. The van der Waals surface area contributed by atoms with Crippen molar-refractivity contribution < 1.29 is 31.2 Å². The number of sulfone groups is 1. The number of amides is 1. The molecule has 0 spiro atoms. The molecule has 2 rings (SSSR count). The molecule has 12 heteroatoms. The summed E-state index contributed by atoms with van der Waals surface area (Å²) < 4.78 is 54.6. The first-order valence-corrected chi connectivity index (χ1v) is 11.3. The summed E-state index contributed by atoms with van der Waals surface area (Å²) in [6.07, 6.45) is 0.594. The van der Waals surface area contributed by atoms with Crippen molar-refractivity contribution in [1.29, 1.82) is 0 Å².